The van der Waals surface area contributed by atoms with Gasteiger partial charge in [0.2, 0.25) is 5.88 Å². The number of hydrogen-bond donors (Lipinski definition) is 1. The van der Waals surface area contributed by atoms with E-state index in [0.29, 0.717) is 11.4 Å². The number of halogens is 1. The van der Waals surface area contributed by atoms with Crippen molar-refractivity contribution in [2.45, 2.75) is 13.8 Å². The van der Waals surface area contributed by atoms with E-state index in [9.17, 15) is 4.79 Å². The highest BCUT2D eigenvalue weighted by Gasteiger charge is 2.15. The van der Waals surface area contributed by atoms with Gasteiger partial charge in [0.15, 0.2) is 11.4 Å². The summed E-state index contributed by atoms with van der Waals surface area (Å²) in [6.45, 7) is 3.65. The number of aryl methyl sites for hydroxylation is 2. The van der Waals surface area contributed by atoms with E-state index in [1.54, 1.807) is 18.7 Å². The molecule has 0 aromatic carbocycles. The van der Waals surface area contributed by atoms with Gasteiger partial charge in [0, 0.05) is 13.1 Å². The van der Waals surface area contributed by atoms with Gasteiger partial charge in [-0.1, -0.05) is 11.6 Å². The number of ether oxygens (including phenoxy) is 1. The van der Waals surface area contributed by atoms with Crippen LogP contribution in [0, 0.1) is 13.8 Å². The molecule has 0 fully saturated rings. The lowest BCUT2D eigenvalue weighted by Crippen LogP contribution is -2.02. The van der Waals surface area contributed by atoms with E-state index in [1.807, 2.05) is 6.92 Å². The number of rotatable bonds is 3. The summed E-state index contributed by atoms with van der Waals surface area (Å²) in [5, 5.41) is 13.2. The number of carboxylic acid groups (broad SMARTS) is 1. The molecule has 100 valence electrons. The summed E-state index contributed by atoms with van der Waals surface area (Å²) in [6.07, 6.45) is 0. The maximum Gasteiger partial charge on any atom is 0.356 e. The molecule has 0 saturated carbocycles. The standard InChI is InChI=1S/C12H12ClN3O3/c1-6-11(7(2)16(3)15-6)19-9-5-4-8(13)10(14-9)12(17)18/h4-5H,1-3H3,(H,17,18). The number of carbonyl (C=O) groups is 1. The summed E-state index contributed by atoms with van der Waals surface area (Å²) in [5.41, 5.74) is 1.29. The maximum absolute atomic E-state index is 10.9. The van der Waals surface area contributed by atoms with Gasteiger partial charge in [-0.15, -0.1) is 0 Å². The minimum absolute atomic E-state index is 0.0690. The van der Waals surface area contributed by atoms with Crippen LogP contribution in [0.4, 0.5) is 0 Å². The van der Waals surface area contributed by atoms with E-state index < -0.39 is 5.97 Å². The van der Waals surface area contributed by atoms with Gasteiger partial charge in [0.05, 0.1) is 10.7 Å². The molecule has 2 heterocycles. The van der Waals surface area contributed by atoms with Crippen LogP contribution in [0.5, 0.6) is 11.6 Å². The summed E-state index contributed by atoms with van der Waals surface area (Å²) in [5.74, 6) is -0.468. The SMILES string of the molecule is Cc1nn(C)c(C)c1Oc1ccc(Cl)c(C(=O)O)n1. The van der Waals surface area contributed by atoms with Crippen molar-refractivity contribution in [2.75, 3.05) is 0 Å². The first-order valence-electron chi connectivity index (χ1n) is 5.48. The summed E-state index contributed by atoms with van der Waals surface area (Å²) in [6, 6.07) is 2.95. The molecular weight excluding hydrogens is 270 g/mol. The summed E-state index contributed by atoms with van der Waals surface area (Å²) >= 11 is 5.75. The van der Waals surface area contributed by atoms with E-state index >= 15 is 0 Å². The second-order valence-corrected chi connectivity index (χ2v) is 4.42. The Labute approximate surface area is 114 Å². The average molecular weight is 282 g/mol. The predicted octanol–water partition coefficient (Wildman–Crippen LogP) is 2.58. The molecular formula is C12H12ClN3O3. The predicted molar refractivity (Wildman–Crippen MR) is 69.0 cm³/mol. The molecule has 6 nitrogen and oxygen atoms in total. The molecule has 0 aliphatic heterocycles. The highest BCUT2D eigenvalue weighted by atomic mass is 35.5. The van der Waals surface area contributed by atoms with Crippen LogP contribution in [0.1, 0.15) is 21.9 Å². The minimum Gasteiger partial charge on any atom is -0.476 e. The first-order valence-corrected chi connectivity index (χ1v) is 5.86. The third-order valence-electron chi connectivity index (χ3n) is 2.67. The molecule has 7 heteroatoms. The second-order valence-electron chi connectivity index (χ2n) is 4.01. The fraction of sp³-hybridized carbons (Fsp3) is 0.250. The van der Waals surface area contributed by atoms with Crippen molar-refractivity contribution in [1.82, 2.24) is 14.8 Å². The van der Waals surface area contributed by atoms with Gasteiger partial charge in [-0.3, -0.25) is 4.68 Å². The van der Waals surface area contributed by atoms with Crippen molar-refractivity contribution < 1.29 is 14.6 Å². The first-order chi connectivity index (χ1) is 8.90. The Morgan fingerprint density at radius 3 is 2.63 bits per heavy atom. The van der Waals surface area contributed by atoms with Crippen LogP contribution < -0.4 is 4.74 Å². The number of hydrogen-bond acceptors (Lipinski definition) is 4. The van der Waals surface area contributed by atoms with E-state index in [2.05, 4.69) is 10.1 Å². The fourth-order valence-corrected chi connectivity index (χ4v) is 1.82. The van der Waals surface area contributed by atoms with E-state index in [-0.39, 0.29) is 16.6 Å². The molecule has 2 aromatic rings. The Balaban J connectivity index is 2.39. The molecule has 0 saturated heterocycles. The molecule has 0 amide bonds. The number of carboxylic acids is 1. The normalized spacial score (nSPS) is 10.5. The van der Waals surface area contributed by atoms with Gasteiger partial charge in [0.1, 0.15) is 5.69 Å². The van der Waals surface area contributed by atoms with Crippen LogP contribution >= 0.6 is 11.6 Å². The van der Waals surface area contributed by atoms with Crippen LogP contribution in [0.2, 0.25) is 5.02 Å². The lowest BCUT2D eigenvalue weighted by molar-refractivity contribution is 0.0690. The van der Waals surface area contributed by atoms with Crippen molar-refractivity contribution >= 4 is 17.6 Å². The van der Waals surface area contributed by atoms with Crippen molar-refractivity contribution in [3.63, 3.8) is 0 Å². The number of aromatic nitrogens is 3. The first kappa shape index (κ1) is 13.4. The van der Waals surface area contributed by atoms with Crippen LogP contribution in [-0.4, -0.2) is 25.8 Å². The molecule has 2 rings (SSSR count). The lowest BCUT2D eigenvalue weighted by atomic mass is 10.3. The van der Waals surface area contributed by atoms with Crippen LogP contribution in [0.25, 0.3) is 0 Å². The Kier molecular flexibility index (Phi) is 3.44. The largest absolute Gasteiger partial charge is 0.476 e. The van der Waals surface area contributed by atoms with Crippen molar-refractivity contribution in [3.05, 3.63) is 34.2 Å². The molecule has 2 aromatic heterocycles. The molecule has 1 N–H and O–H groups in total. The van der Waals surface area contributed by atoms with Crippen molar-refractivity contribution in [3.8, 4) is 11.6 Å². The quantitative estimate of drug-likeness (QED) is 0.935. The van der Waals surface area contributed by atoms with Crippen LogP contribution in [0.3, 0.4) is 0 Å². The second kappa shape index (κ2) is 4.89. The van der Waals surface area contributed by atoms with E-state index in [1.165, 1.54) is 12.1 Å². The Morgan fingerprint density at radius 2 is 2.11 bits per heavy atom. The van der Waals surface area contributed by atoms with Gasteiger partial charge >= 0.3 is 5.97 Å². The zero-order valence-electron chi connectivity index (χ0n) is 10.6. The monoisotopic (exact) mass is 281 g/mol. The van der Waals surface area contributed by atoms with Gasteiger partial charge in [-0.05, 0) is 19.9 Å². The van der Waals surface area contributed by atoms with Crippen molar-refractivity contribution in [2.24, 2.45) is 7.05 Å². The zero-order chi connectivity index (χ0) is 14.2. The summed E-state index contributed by atoms with van der Waals surface area (Å²) in [7, 11) is 1.80. The Hall–Kier alpha value is -2.08. The topological polar surface area (TPSA) is 77.2 Å². The van der Waals surface area contributed by atoms with Gasteiger partial charge in [-0.2, -0.15) is 5.10 Å². The van der Waals surface area contributed by atoms with E-state index in [4.69, 9.17) is 21.4 Å². The molecule has 0 atom stereocenters. The van der Waals surface area contributed by atoms with Gasteiger partial charge < -0.3 is 9.84 Å². The molecule has 0 radical (unpaired) electrons. The minimum atomic E-state index is -1.20. The molecule has 19 heavy (non-hydrogen) atoms. The molecule has 0 unspecified atom stereocenters. The Morgan fingerprint density at radius 1 is 1.42 bits per heavy atom. The van der Waals surface area contributed by atoms with Gasteiger partial charge in [-0.25, -0.2) is 9.78 Å². The molecule has 0 aliphatic rings. The average Bonchev–Trinajstić information content (AvgIpc) is 2.58. The highest BCUT2D eigenvalue weighted by Crippen LogP contribution is 2.28. The van der Waals surface area contributed by atoms with Crippen LogP contribution in [-0.2, 0) is 7.05 Å². The smallest absolute Gasteiger partial charge is 0.356 e. The zero-order valence-corrected chi connectivity index (χ0v) is 11.4. The van der Waals surface area contributed by atoms with Crippen LogP contribution in [0.15, 0.2) is 12.1 Å². The number of pyridine rings is 1. The summed E-state index contributed by atoms with van der Waals surface area (Å²) < 4.78 is 7.27. The van der Waals surface area contributed by atoms with E-state index in [0.717, 1.165) is 5.69 Å². The maximum atomic E-state index is 10.9. The molecule has 0 bridgehead atoms. The number of aromatic carboxylic acids is 1. The fourth-order valence-electron chi connectivity index (χ4n) is 1.64. The third kappa shape index (κ3) is 2.53. The van der Waals surface area contributed by atoms with Crippen molar-refractivity contribution in [1.29, 1.82) is 0 Å². The molecule has 0 spiro atoms. The lowest BCUT2D eigenvalue weighted by Gasteiger charge is -2.06. The van der Waals surface area contributed by atoms with Gasteiger partial charge in [0.25, 0.3) is 0 Å². The number of nitrogens with zero attached hydrogens (tertiary/aromatic N) is 3. The summed E-state index contributed by atoms with van der Waals surface area (Å²) in [4.78, 5) is 14.8. The third-order valence-corrected chi connectivity index (χ3v) is 2.98. The Bertz CT molecular complexity index is 652. The molecule has 0 aliphatic carbocycles. The highest BCUT2D eigenvalue weighted by molar-refractivity contribution is 6.33.